The van der Waals surface area contributed by atoms with Crippen LogP contribution in [0.3, 0.4) is 0 Å². The molecule has 1 aliphatic rings. The fourth-order valence-corrected chi connectivity index (χ4v) is 3.32. The average Bonchev–Trinajstić information content (AvgIpc) is 2.86. The molecule has 0 radical (unpaired) electrons. The lowest BCUT2D eigenvalue weighted by atomic mass is 10.1. The van der Waals surface area contributed by atoms with Crippen LogP contribution in [-0.4, -0.2) is 35.6 Å². The van der Waals surface area contributed by atoms with Gasteiger partial charge < -0.3 is 10.2 Å². The van der Waals surface area contributed by atoms with Crippen LogP contribution < -0.4 is 5.32 Å². The van der Waals surface area contributed by atoms with Crippen molar-refractivity contribution in [2.75, 3.05) is 19.6 Å². The zero-order valence-electron chi connectivity index (χ0n) is 11.6. The summed E-state index contributed by atoms with van der Waals surface area (Å²) in [6.07, 6.45) is 6.97. The fraction of sp³-hybridized carbons (Fsp3) is 0.786. The van der Waals surface area contributed by atoms with Crippen molar-refractivity contribution in [1.29, 1.82) is 0 Å². The van der Waals surface area contributed by atoms with E-state index < -0.39 is 0 Å². The molecule has 0 aromatic carbocycles. The van der Waals surface area contributed by atoms with E-state index in [9.17, 15) is 0 Å². The van der Waals surface area contributed by atoms with Crippen LogP contribution in [0.1, 0.15) is 43.0 Å². The quantitative estimate of drug-likeness (QED) is 0.859. The number of nitrogens with one attached hydrogen (secondary N) is 1. The molecule has 1 aromatic heterocycles. The Labute approximate surface area is 115 Å². The van der Waals surface area contributed by atoms with Crippen LogP contribution in [-0.2, 0) is 13.0 Å². The number of hydrogen-bond donors (Lipinski definition) is 1. The molecule has 0 saturated carbocycles. The summed E-state index contributed by atoms with van der Waals surface area (Å²) in [4.78, 5) is 8.43. The summed E-state index contributed by atoms with van der Waals surface area (Å²) in [6.45, 7) is 9.17. The van der Waals surface area contributed by atoms with E-state index in [-0.39, 0.29) is 0 Å². The summed E-state index contributed by atoms with van der Waals surface area (Å²) in [5.41, 5.74) is 0. The van der Waals surface area contributed by atoms with E-state index in [1.807, 2.05) is 17.5 Å². The van der Waals surface area contributed by atoms with Crippen molar-refractivity contribution in [3.63, 3.8) is 0 Å². The second-order valence-electron chi connectivity index (χ2n) is 5.07. The summed E-state index contributed by atoms with van der Waals surface area (Å²) < 4.78 is 0. The normalized spacial score (nSPS) is 18.3. The number of aryl methyl sites for hydroxylation is 1. The molecule has 0 spiro atoms. The van der Waals surface area contributed by atoms with Crippen molar-refractivity contribution in [1.82, 2.24) is 15.2 Å². The van der Waals surface area contributed by atoms with Gasteiger partial charge in [-0.05, 0) is 45.3 Å². The molecule has 0 atom stereocenters. The Balaban J connectivity index is 1.68. The van der Waals surface area contributed by atoms with Crippen LogP contribution in [0, 0.1) is 0 Å². The molecule has 0 unspecified atom stereocenters. The van der Waals surface area contributed by atoms with Gasteiger partial charge in [0.15, 0.2) is 0 Å². The van der Waals surface area contributed by atoms with Crippen molar-refractivity contribution < 1.29 is 0 Å². The third kappa shape index (κ3) is 4.04. The summed E-state index contributed by atoms with van der Waals surface area (Å²) in [5.74, 6) is 0. The lowest BCUT2D eigenvalue weighted by Gasteiger charge is -2.32. The molecule has 0 amide bonds. The van der Waals surface area contributed by atoms with Crippen LogP contribution in [0.25, 0.3) is 0 Å². The van der Waals surface area contributed by atoms with E-state index in [0.29, 0.717) is 6.04 Å². The minimum absolute atomic E-state index is 0.687. The molecule has 0 bridgehead atoms. The van der Waals surface area contributed by atoms with Gasteiger partial charge in [0.1, 0.15) is 5.01 Å². The Morgan fingerprint density at radius 2 is 2.17 bits per heavy atom. The second-order valence-corrected chi connectivity index (χ2v) is 6.27. The summed E-state index contributed by atoms with van der Waals surface area (Å²) in [5, 5.41) is 4.90. The Kier molecular flexibility index (Phi) is 5.60. The molecule has 1 aliphatic heterocycles. The molecule has 102 valence electrons. The number of nitrogens with zero attached hydrogens (tertiary/aromatic N) is 2. The molecule has 1 saturated heterocycles. The molecule has 1 aromatic rings. The lowest BCUT2D eigenvalue weighted by Crippen LogP contribution is -2.42. The van der Waals surface area contributed by atoms with Gasteiger partial charge in [-0.15, -0.1) is 11.3 Å². The SMILES string of the molecule is CCCN1CCC(NCc2ncc(CC)s2)CC1. The van der Waals surface area contributed by atoms with E-state index in [0.717, 1.165) is 13.0 Å². The van der Waals surface area contributed by atoms with Crippen molar-refractivity contribution >= 4 is 11.3 Å². The predicted molar refractivity (Wildman–Crippen MR) is 78.1 cm³/mol. The highest BCUT2D eigenvalue weighted by Gasteiger charge is 2.18. The number of rotatable bonds is 6. The monoisotopic (exact) mass is 267 g/mol. The van der Waals surface area contributed by atoms with Gasteiger partial charge in [0, 0.05) is 23.7 Å². The van der Waals surface area contributed by atoms with Crippen molar-refractivity contribution in [3.8, 4) is 0 Å². The minimum Gasteiger partial charge on any atom is -0.308 e. The van der Waals surface area contributed by atoms with Crippen LogP contribution >= 0.6 is 11.3 Å². The van der Waals surface area contributed by atoms with Crippen molar-refractivity contribution in [3.05, 3.63) is 16.1 Å². The average molecular weight is 267 g/mol. The third-order valence-electron chi connectivity index (χ3n) is 3.62. The molecule has 3 nitrogen and oxygen atoms in total. The van der Waals surface area contributed by atoms with Gasteiger partial charge in [-0.1, -0.05) is 13.8 Å². The molecule has 2 rings (SSSR count). The third-order valence-corrected chi connectivity index (χ3v) is 4.76. The maximum absolute atomic E-state index is 4.46. The first-order valence-corrected chi connectivity index (χ1v) is 8.02. The standard InChI is InChI=1S/C14H25N3S/c1-3-7-17-8-5-12(6-9-17)15-11-14-16-10-13(4-2)18-14/h10,12,15H,3-9,11H2,1-2H3. The topological polar surface area (TPSA) is 28.2 Å². The highest BCUT2D eigenvalue weighted by Crippen LogP contribution is 2.15. The van der Waals surface area contributed by atoms with E-state index >= 15 is 0 Å². The zero-order valence-corrected chi connectivity index (χ0v) is 12.4. The number of piperidine rings is 1. The van der Waals surface area contributed by atoms with Crippen LogP contribution in [0.4, 0.5) is 0 Å². The lowest BCUT2D eigenvalue weighted by molar-refractivity contribution is 0.197. The van der Waals surface area contributed by atoms with E-state index in [4.69, 9.17) is 0 Å². The van der Waals surface area contributed by atoms with Crippen LogP contribution in [0.15, 0.2) is 6.20 Å². The van der Waals surface area contributed by atoms with Gasteiger partial charge >= 0.3 is 0 Å². The Bertz CT molecular complexity index is 343. The highest BCUT2D eigenvalue weighted by atomic mass is 32.1. The molecule has 2 heterocycles. The number of thiazole rings is 1. The fourth-order valence-electron chi connectivity index (χ4n) is 2.50. The maximum Gasteiger partial charge on any atom is 0.107 e. The van der Waals surface area contributed by atoms with Gasteiger partial charge in [0.2, 0.25) is 0 Å². The van der Waals surface area contributed by atoms with Gasteiger partial charge in [-0.25, -0.2) is 4.98 Å². The van der Waals surface area contributed by atoms with Gasteiger partial charge in [0.05, 0.1) is 0 Å². The highest BCUT2D eigenvalue weighted by molar-refractivity contribution is 7.11. The summed E-state index contributed by atoms with van der Waals surface area (Å²) in [7, 11) is 0. The molecular weight excluding hydrogens is 242 g/mol. The molecular formula is C14H25N3S. The Hall–Kier alpha value is -0.450. The number of hydrogen-bond acceptors (Lipinski definition) is 4. The van der Waals surface area contributed by atoms with Crippen LogP contribution in [0.2, 0.25) is 0 Å². The first-order chi connectivity index (χ1) is 8.81. The smallest absolute Gasteiger partial charge is 0.107 e. The summed E-state index contributed by atoms with van der Waals surface area (Å²) >= 11 is 1.85. The van der Waals surface area contributed by atoms with Crippen molar-refractivity contribution in [2.45, 2.75) is 52.1 Å². The number of aromatic nitrogens is 1. The predicted octanol–water partition coefficient (Wildman–Crippen LogP) is 2.67. The van der Waals surface area contributed by atoms with Gasteiger partial charge in [-0.3, -0.25) is 0 Å². The maximum atomic E-state index is 4.46. The largest absolute Gasteiger partial charge is 0.308 e. The van der Waals surface area contributed by atoms with Crippen LogP contribution in [0.5, 0.6) is 0 Å². The molecule has 0 aliphatic carbocycles. The first kappa shape index (κ1) is 14.0. The first-order valence-electron chi connectivity index (χ1n) is 7.21. The molecule has 18 heavy (non-hydrogen) atoms. The summed E-state index contributed by atoms with van der Waals surface area (Å²) in [6, 6.07) is 0.687. The molecule has 1 N–H and O–H groups in total. The Morgan fingerprint density at radius 1 is 1.39 bits per heavy atom. The van der Waals surface area contributed by atoms with E-state index in [2.05, 4.69) is 29.0 Å². The Morgan fingerprint density at radius 3 is 2.78 bits per heavy atom. The minimum atomic E-state index is 0.687. The number of likely N-dealkylation sites (tertiary alicyclic amines) is 1. The zero-order chi connectivity index (χ0) is 12.8. The van der Waals surface area contributed by atoms with Crippen molar-refractivity contribution in [2.24, 2.45) is 0 Å². The molecule has 4 heteroatoms. The van der Waals surface area contributed by atoms with Gasteiger partial charge in [-0.2, -0.15) is 0 Å². The van der Waals surface area contributed by atoms with E-state index in [1.165, 1.54) is 48.8 Å². The molecule has 1 fully saturated rings. The van der Waals surface area contributed by atoms with Gasteiger partial charge in [0.25, 0.3) is 0 Å². The second kappa shape index (κ2) is 7.22. The van der Waals surface area contributed by atoms with E-state index in [1.54, 1.807) is 0 Å².